The molecule has 0 saturated heterocycles. The summed E-state index contributed by atoms with van der Waals surface area (Å²) in [5, 5.41) is 1.99. The Hall–Kier alpha value is -1.94. The molecule has 0 spiro atoms. The third-order valence-electron chi connectivity index (χ3n) is 2.35. The second-order valence-electron chi connectivity index (χ2n) is 3.34. The molecule has 0 aliphatic rings. The van der Waals surface area contributed by atoms with Gasteiger partial charge in [0.15, 0.2) is 5.51 Å². The first-order valence-corrected chi connectivity index (χ1v) is 5.72. The number of rotatable bonds is 2. The van der Waals surface area contributed by atoms with E-state index in [9.17, 15) is 0 Å². The van der Waals surface area contributed by atoms with Crippen molar-refractivity contribution < 1.29 is 0 Å². The topological polar surface area (TPSA) is 30.7 Å². The van der Waals surface area contributed by atoms with Gasteiger partial charge < -0.3 is 4.57 Å². The molecule has 1 aromatic carbocycles. The summed E-state index contributed by atoms with van der Waals surface area (Å²) >= 11 is 1.49. The highest BCUT2D eigenvalue weighted by Gasteiger charge is 2.00. The predicted molar refractivity (Wildman–Crippen MR) is 63.5 cm³/mol. The van der Waals surface area contributed by atoms with Gasteiger partial charge in [-0.15, -0.1) is 11.3 Å². The Morgan fingerprint density at radius 2 is 2.06 bits per heavy atom. The van der Waals surface area contributed by atoms with Crippen molar-refractivity contribution in [2.75, 3.05) is 0 Å². The summed E-state index contributed by atoms with van der Waals surface area (Å²) in [7, 11) is 0. The maximum absolute atomic E-state index is 4.15. The Morgan fingerprint density at radius 1 is 1.19 bits per heavy atom. The Morgan fingerprint density at radius 3 is 2.69 bits per heavy atom. The molecule has 2 aromatic heterocycles. The lowest BCUT2D eigenvalue weighted by molar-refractivity contribution is 1.06. The summed E-state index contributed by atoms with van der Waals surface area (Å²) in [6, 6.07) is 8.21. The van der Waals surface area contributed by atoms with Crippen LogP contribution in [0.3, 0.4) is 0 Å². The summed E-state index contributed by atoms with van der Waals surface area (Å²) < 4.78 is 1.97. The lowest BCUT2D eigenvalue weighted by atomic mass is 10.1. The van der Waals surface area contributed by atoms with Crippen LogP contribution in [0.25, 0.3) is 16.9 Å². The lowest BCUT2D eigenvalue weighted by Gasteiger charge is -2.02. The molecule has 0 unspecified atom stereocenters. The fraction of sp³-hybridized carbons (Fsp3) is 0. The van der Waals surface area contributed by atoms with Crippen LogP contribution in [0.2, 0.25) is 0 Å². The van der Waals surface area contributed by atoms with Crippen LogP contribution in [-0.4, -0.2) is 14.5 Å². The minimum atomic E-state index is 0.974. The molecule has 0 fully saturated rings. The van der Waals surface area contributed by atoms with Gasteiger partial charge in [-0.1, -0.05) is 12.1 Å². The van der Waals surface area contributed by atoms with Crippen LogP contribution in [0.15, 0.2) is 48.4 Å². The van der Waals surface area contributed by atoms with Crippen molar-refractivity contribution in [3.63, 3.8) is 0 Å². The predicted octanol–water partition coefficient (Wildman–Crippen LogP) is 2.80. The summed E-state index contributed by atoms with van der Waals surface area (Å²) in [5.74, 6) is 0. The van der Waals surface area contributed by atoms with E-state index < -0.39 is 0 Å². The van der Waals surface area contributed by atoms with Crippen LogP contribution in [0.1, 0.15) is 0 Å². The molecule has 3 aromatic rings. The zero-order chi connectivity index (χ0) is 10.8. The van der Waals surface area contributed by atoms with E-state index in [1.165, 1.54) is 11.3 Å². The zero-order valence-corrected chi connectivity index (χ0v) is 9.19. The molecule has 77 valence electrons. The van der Waals surface area contributed by atoms with E-state index in [1.54, 1.807) is 12.5 Å². The molecule has 0 aliphatic carbocycles. The minimum absolute atomic E-state index is 0.974. The molecule has 4 heteroatoms. The molecule has 0 atom stereocenters. The maximum atomic E-state index is 4.15. The van der Waals surface area contributed by atoms with Gasteiger partial charge in [-0.25, -0.2) is 9.97 Å². The summed E-state index contributed by atoms with van der Waals surface area (Å²) in [5.41, 5.74) is 6.03. The van der Waals surface area contributed by atoms with E-state index in [4.69, 9.17) is 0 Å². The van der Waals surface area contributed by atoms with Crippen molar-refractivity contribution in [2.24, 2.45) is 0 Å². The SMILES string of the molecule is [c]1nc(-c2ccc(-n3ccnc3)cc2)cs1. The van der Waals surface area contributed by atoms with Gasteiger partial charge in [-0.3, -0.25) is 0 Å². The summed E-state index contributed by atoms with van der Waals surface area (Å²) in [6.45, 7) is 0. The smallest absolute Gasteiger partial charge is 0.152 e. The van der Waals surface area contributed by atoms with Crippen LogP contribution in [0.5, 0.6) is 0 Å². The molecule has 16 heavy (non-hydrogen) atoms. The molecular weight excluding hydrogens is 218 g/mol. The highest BCUT2D eigenvalue weighted by Crippen LogP contribution is 2.20. The van der Waals surface area contributed by atoms with Crippen LogP contribution in [-0.2, 0) is 0 Å². The highest BCUT2D eigenvalue weighted by molar-refractivity contribution is 7.07. The molecular formula is C12H8N3S. The molecule has 0 saturated carbocycles. The average Bonchev–Trinajstić information content (AvgIpc) is 3.03. The van der Waals surface area contributed by atoms with E-state index in [1.807, 2.05) is 16.1 Å². The first-order valence-electron chi connectivity index (χ1n) is 4.84. The van der Waals surface area contributed by atoms with Gasteiger partial charge in [0.25, 0.3) is 0 Å². The van der Waals surface area contributed by atoms with Crippen molar-refractivity contribution in [2.45, 2.75) is 0 Å². The number of thiazole rings is 1. The molecule has 3 nitrogen and oxygen atoms in total. The fourth-order valence-electron chi connectivity index (χ4n) is 1.53. The van der Waals surface area contributed by atoms with Crippen molar-refractivity contribution in [1.82, 2.24) is 14.5 Å². The number of benzene rings is 1. The Bertz CT molecular complexity index is 500. The largest absolute Gasteiger partial charge is 0.306 e. The van der Waals surface area contributed by atoms with E-state index in [0.29, 0.717) is 0 Å². The van der Waals surface area contributed by atoms with Crippen molar-refractivity contribution in [1.29, 1.82) is 0 Å². The molecule has 0 N–H and O–H groups in total. The first kappa shape index (κ1) is 9.30. The average molecular weight is 226 g/mol. The summed E-state index contributed by atoms with van der Waals surface area (Å²) in [4.78, 5) is 8.17. The second-order valence-corrected chi connectivity index (χ2v) is 3.99. The minimum Gasteiger partial charge on any atom is -0.306 e. The number of aromatic nitrogens is 3. The highest BCUT2D eigenvalue weighted by atomic mass is 32.1. The van der Waals surface area contributed by atoms with Crippen LogP contribution < -0.4 is 0 Å². The number of hydrogen-bond acceptors (Lipinski definition) is 3. The molecule has 1 radical (unpaired) electrons. The van der Waals surface area contributed by atoms with Crippen molar-refractivity contribution in [3.05, 3.63) is 53.9 Å². The third kappa shape index (κ3) is 1.63. The molecule has 0 aliphatic heterocycles. The molecule has 3 rings (SSSR count). The standard InChI is InChI=1S/C12H8N3S/c1-3-11(15-6-5-13-8-15)4-2-10(1)12-7-16-9-14-12/h1-8H. The van der Waals surface area contributed by atoms with Crippen LogP contribution in [0, 0.1) is 5.51 Å². The van der Waals surface area contributed by atoms with Gasteiger partial charge in [0.1, 0.15) is 0 Å². The first-order chi connectivity index (χ1) is 7.93. The van der Waals surface area contributed by atoms with Crippen molar-refractivity contribution >= 4 is 11.3 Å². The van der Waals surface area contributed by atoms with E-state index in [0.717, 1.165) is 16.9 Å². The fourth-order valence-corrected chi connectivity index (χ4v) is 2.04. The third-order valence-corrected chi connectivity index (χ3v) is 2.89. The quantitative estimate of drug-likeness (QED) is 0.672. The maximum Gasteiger partial charge on any atom is 0.152 e. The number of imidazole rings is 1. The van der Waals surface area contributed by atoms with Gasteiger partial charge in [0, 0.05) is 29.0 Å². The second kappa shape index (κ2) is 3.90. The van der Waals surface area contributed by atoms with Gasteiger partial charge in [-0.05, 0) is 12.1 Å². The van der Waals surface area contributed by atoms with E-state index in [2.05, 4.69) is 39.7 Å². The van der Waals surface area contributed by atoms with Crippen molar-refractivity contribution in [3.8, 4) is 16.9 Å². The zero-order valence-electron chi connectivity index (χ0n) is 8.37. The number of nitrogens with zero attached hydrogens (tertiary/aromatic N) is 3. The van der Waals surface area contributed by atoms with Gasteiger partial charge in [0.05, 0.1) is 12.0 Å². The molecule has 2 heterocycles. The number of hydrogen-bond donors (Lipinski definition) is 0. The Kier molecular flexibility index (Phi) is 2.27. The van der Waals surface area contributed by atoms with Gasteiger partial charge in [0.2, 0.25) is 0 Å². The lowest BCUT2D eigenvalue weighted by Crippen LogP contribution is -1.89. The van der Waals surface area contributed by atoms with Crippen LogP contribution in [0.4, 0.5) is 0 Å². The summed E-state index contributed by atoms with van der Waals surface area (Å²) in [6.07, 6.45) is 5.47. The Labute approximate surface area is 97.0 Å². The molecule has 0 bridgehead atoms. The monoisotopic (exact) mass is 226 g/mol. The van der Waals surface area contributed by atoms with Crippen LogP contribution >= 0.6 is 11.3 Å². The Balaban J connectivity index is 1.97. The van der Waals surface area contributed by atoms with E-state index in [-0.39, 0.29) is 0 Å². The normalized spacial score (nSPS) is 10.5. The van der Waals surface area contributed by atoms with Gasteiger partial charge in [-0.2, -0.15) is 0 Å². The van der Waals surface area contributed by atoms with E-state index >= 15 is 0 Å². The van der Waals surface area contributed by atoms with Gasteiger partial charge >= 0.3 is 0 Å². The molecule has 0 amide bonds.